The predicted molar refractivity (Wildman–Crippen MR) is 81.0 cm³/mol. The van der Waals surface area contributed by atoms with E-state index in [1.165, 1.54) is 31.2 Å². The molecule has 2 atom stereocenters. The molecule has 0 fully saturated rings. The molecule has 0 aliphatic heterocycles. The van der Waals surface area contributed by atoms with Gasteiger partial charge in [-0.3, -0.25) is 40.5 Å². The Morgan fingerprint density at radius 2 is 1.24 bits per heavy atom. The molecule has 0 saturated heterocycles. The molecule has 1 aromatic rings. The Hall–Kier alpha value is -3.44. The molecule has 0 unspecified atom stereocenters. The summed E-state index contributed by atoms with van der Waals surface area (Å²) in [7, 11) is 0. The van der Waals surface area contributed by atoms with E-state index in [-0.39, 0.29) is 11.1 Å². The third-order valence-corrected chi connectivity index (χ3v) is 4.61. The molecular formula is C13H12N4O8. The summed E-state index contributed by atoms with van der Waals surface area (Å²) in [5.74, 6) is -3.84. The fraction of sp³-hybridized carbons (Fsp3) is 0.385. The Labute approximate surface area is 139 Å². The van der Waals surface area contributed by atoms with Crippen molar-refractivity contribution < 1.29 is 19.7 Å². The van der Waals surface area contributed by atoms with Gasteiger partial charge in [-0.25, -0.2) is 0 Å². The van der Waals surface area contributed by atoms with Gasteiger partial charge in [0, 0.05) is 17.4 Å². The van der Waals surface area contributed by atoms with E-state index in [0.717, 1.165) is 19.1 Å². The van der Waals surface area contributed by atoms with Crippen molar-refractivity contribution in [2.45, 2.75) is 30.6 Å². The van der Waals surface area contributed by atoms with Gasteiger partial charge in [0.1, 0.15) is 0 Å². The van der Waals surface area contributed by atoms with Crippen molar-refractivity contribution in [2.75, 3.05) is 0 Å². The van der Waals surface area contributed by atoms with E-state index in [9.17, 15) is 40.5 Å². The lowest BCUT2D eigenvalue weighted by Gasteiger charge is -2.34. The van der Waals surface area contributed by atoms with Crippen molar-refractivity contribution >= 4 is 0 Å². The molecule has 0 spiro atoms. The zero-order chi connectivity index (χ0) is 19.2. The fourth-order valence-electron chi connectivity index (χ4n) is 3.11. The second-order valence-electron chi connectivity index (χ2n) is 5.89. The molecule has 0 amide bonds. The summed E-state index contributed by atoms with van der Waals surface area (Å²) < 4.78 is 0. The first-order chi connectivity index (χ1) is 11.5. The Morgan fingerprint density at radius 3 is 1.64 bits per heavy atom. The zero-order valence-electron chi connectivity index (χ0n) is 13.0. The van der Waals surface area contributed by atoms with Crippen LogP contribution in [0.3, 0.4) is 0 Å². The number of hydrogen-bond acceptors (Lipinski definition) is 8. The van der Waals surface area contributed by atoms with Gasteiger partial charge in [-0.05, 0) is 24.6 Å². The summed E-state index contributed by atoms with van der Waals surface area (Å²) in [6.07, 6.45) is 1.73. The van der Waals surface area contributed by atoms with Crippen LogP contribution in [-0.4, -0.2) is 25.5 Å². The van der Waals surface area contributed by atoms with E-state index < -0.39 is 36.4 Å². The molecule has 2 rings (SSSR count). The molecule has 0 bridgehead atoms. The van der Waals surface area contributed by atoms with Crippen LogP contribution in [0.25, 0.3) is 0 Å². The first kappa shape index (κ1) is 17.9. The highest BCUT2D eigenvalue weighted by Gasteiger charge is 2.83. The summed E-state index contributed by atoms with van der Waals surface area (Å²) in [5.41, 5.74) is -4.48. The Kier molecular flexibility index (Phi) is 3.79. The molecule has 0 saturated carbocycles. The fourth-order valence-corrected chi connectivity index (χ4v) is 3.11. The SMILES string of the molecule is C[C@@]1([N+](=O)[O-])C=C[C@@](C)(C([N+](=O)[O-])([N+](=O)[O-])[N+](=O)[O-])c2ccccc21. The second kappa shape index (κ2) is 5.29. The minimum atomic E-state index is -3.84. The maximum absolute atomic E-state index is 11.5. The molecule has 0 radical (unpaired) electrons. The monoisotopic (exact) mass is 352 g/mol. The largest absolute Gasteiger partial charge is 0.712 e. The average Bonchev–Trinajstić information content (AvgIpc) is 2.51. The quantitative estimate of drug-likeness (QED) is 0.331. The van der Waals surface area contributed by atoms with E-state index in [1.807, 2.05) is 0 Å². The third-order valence-electron chi connectivity index (χ3n) is 4.61. The van der Waals surface area contributed by atoms with E-state index in [0.29, 0.717) is 0 Å². The highest BCUT2D eigenvalue weighted by Crippen LogP contribution is 2.48. The van der Waals surface area contributed by atoms with Gasteiger partial charge in [-0.15, -0.1) is 0 Å². The Balaban J connectivity index is 2.95. The van der Waals surface area contributed by atoms with Crippen molar-refractivity contribution in [2.24, 2.45) is 0 Å². The summed E-state index contributed by atoms with van der Waals surface area (Å²) in [6.45, 7) is 2.16. The highest BCUT2D eigenvalue weighted by molar-refractivity contribution is 5.47. The molecule has 25 heavy (non-hydrogen) atoms. The second-order valence-corrected chi connectivity index (χ2v) is 5.89. The van der Waals surface area contributed by atoms with Crippen LogP contribution in [0.2, 0.25) is 0 Å². The summed E-state index contributed by atoms with van der Waals surface area (Å²) in [5, 5.41) is 45.9. The number of nitrogens with zero attached hydrogens (tertiary/aromatic N) is 4. The van der Waals surface area contributed by atoms with Crippen LogP contribution in [0.4, 0.5) is 0 Å². The van der Waals surface area contributed by atoms with Crippen LogP contribution in [0.5, 0.6) is 0 Å². The van der Waals surface area contributed by atoms with Gasteiger partial charge in [0.15, 0.2) is 14.8 Å². The zero-order valence-corrected chi connectivity index (χ0v) is 13.0. The van der Waals surface area contributed by atoms with Crippen LogP contribution in [0.1, 0.15) is 25.0 Å². The van der Waals surface area contributed by atoms with Gasteiger partial charge < -0.3 is 0 Å². The Morgan fingerprint density at radius 1 is 0.800 bits per heavy atom. The van der Waals surface area contributed by atoms with Crippen LogP contribution in [0, 0.1) is 40.5 Å². The molecule has 0 N–H and O–H groups in total. The van der Waals surface area contributed by atoms with Gasteiger partial charge in [0.25, 0.3) is 5.54 Å². The van der Waals surface area contributed by atoms with Crippen molar-refractivity contribution in [1.82, 2.24) is 0 Å². The number of benzene rings is 1. The predicted octanol–water partition coefficient (Wildman–Crippen LogP) is 1.49. The normalized spacial score (nSPS) is 25.0. The van der Waals surface area contributed by atoms with Crippen LogP contribution in [0.15, 0.2) is 36.4 Å². The van der Waals surface area contributed by atoms with Crippen LogP contribution in [-0.2, 0) is 11.0 Å². The number of hydrogen-bond donors (Lipinski definition) is 0. The first-order valence-electron chi connectivity index (χ1n) is 6.84. The molecular weight excluding hydrogens is 340 g/mol. The molecule has 12 heteroatoms. The van der Waals surface area contributed by atoms with Crippen molar-refractivity contribution in [3.63, 3.8) is 0 Å². The van der Waals surface area contributed by atoms with Gasteiger partial charge in [-0.2, -0.15) is 0 Å². The van der Waals surface area contributed by atoms with E-state index in [1.54, 1.807) is 0 Å². The molecule has 0 aromatic heterocycles. The van der Waals surface area contributed by atoms with Crippen molar-refractivity contribution in [3.05, 3.63) is 88.0 Å². The van der Waals surface area contributed by atoms with Gasteiger partial charge in [0.05, 0.1) is 0 Å². The maximum Gasteiger partial charge on any atom is 0.712 e. The number of rotatable bonds is 5. The van der Waals surface area contributed by atoms with Crippen LogP contribution >= 0.6 is 0 Å². The number of fused-ring (bicyclic) bond motifs is 1. The van der Waals surface area contributed by atoms with Gasteiger partial charge in [-0.1, -0.05) is 24.3 Å². The molecule has 1 aliphatic rings. The standard InChI is InChI=1S/C13H12N4O8/c1-11(13(15(20)21,16(22)23)17(24)25)7-8-12(2,14(18)19)10-6-4-3-5-9(10)11/h3-8H,1-2H3/t11-,12-/m1/s1. The molecule has 0 heterocycles. The molecule has 12 nitrogen and oxygen atoms in total. The van der Waals surface area contributed by atoms with Crippen LogP contribution < -0.4 is 0 Å². The van der Waals surface area contributed by atoms with E-state index in [4.69, 9.17) is 0 Å². The summed E-state index contributed by atoms with van der Waals surface area (Å²) in [6, 6.07) is 5.21. The van der Waals surface area contributed by atoms with Gasteiger partial charge >= 0.3 is 5.79 Å². The average molecular weight is 352 g/mol. The van der Waals surface area contributed by atoms with E-state index in [2.05, 4.69) is 0 Å². The molecule has 1 aliphatic carbocycles. The highest BCUT2D eigenvalue weighted by atomic mass is 16.7. The molecule has 132 valence electrons. The van der Waals surface area contributed by atoms with Gasteiger partial charge in [0.2, 0.25) is 5.41 Å². The lowest BCUT2D eigenvalue weighted by molar-refractivity contribution is -0.978. The third kappa shape index (κ3) is 2.00. The lowest BCUT2D eigenvalue weighted by Crippen LogP contribution is -2.66. The minimum Gasteiger partial charge on any atom is -0.263 e. The topological polar surface area (TPSA) is 173 Å². The lowest BCUT2D eigenvalue weighted by atomic mass is 9.66. The van der Waals surface area contributed by atoms with Crippen molar-refractivity contribution in [3.8, 4) is 0 Å². The number of nitro groups is 4. The maximum atomic E-state index is 11.5. The van der Waals surface area contributed by atoms with Crippen molar-refractivity contribution in [1.29, 1.82) is 0 Å². The summed E-state index contributed by atoms with van der Waals surface area (Å²) in [4.78, 5) is 40.4. The minimum absolute atomic E-state index is 0.0834. The Bertz CT molecular complexity index is 801. The summed E-state index contributed by atoms with van der Waals surface area (Å²) >= 11 is 0. The van der Waals surface area contributed by atoms with E-state index >= 15 is 0 Å². The first-order valence-corrected chi connectivity index (χ1v) is 6.84. The smallest absolute Gasteiger partial charge is 0.263 e. The molecule has 1 aromatic carbocycles.